The highest BCUT2D eigenvalue weighted by Gasteiger charge is 2.31. The molecule has 4 rings (SSSR count). The lowest BCUT2D eigenvalue weighted by molar-refractivity contribution is -0.384. The Kier molecular flexibility index (Phi) is 6.34. The number of ether oxygens (including phenoxy) is 1. The molecule has 33 heavy (non-hydrogen) atoms. The Morgan fingerprint density at radius 1 is 1.18 bits per heavy atom. The number of aromatic nitrogens is 2. The van der Waals surface area contributed by atoms with Crippen LogP contribution in [0.1, 0.15) is 30.3 Å². The third kappa shape index (κ3) is 4.41. The summed E-state index contributed by atoms with van der Waals surface area (Å²) in [4.78, 5) is 15.7. The predicted molar refractivity (Wildman–Crippen MR) is 123 cm³/mol. The fraction of sp³-hybridized carbons (Fsp3) is 0.318. The summed E-state index contributed by atoms with van der Waals surface area (Å²) in [5.41, 5.74) is 0.584. The Labute approximate surface area is 192 Å². The molecule has 0 bridgehead atoms. The molecule has 1 saturated heterocycles. The summed E-state index contributed by atoms with van der Waals surface area (Å²) in [5.74, 6) is 1.21. The van der Waals surface area contributed by atoms with Crippen molar-refractivity contribution in [3.63, 3.8) is 0 Å². The van der Waals surface area contributed by atoms with Crippen molar-refractivity contribution in [1.82, 2.24) is 13.9 Å². The van der Waals surface area contributed by atoms with Crippen LogP contribution in [-0.2, 0) is 17.1 Å². The lowest BCUT2D eigenvalue weighted by atomic mass is 10.0. The van der Waals surface area contributed by atoms with Crippen molar-refractivity contribution in [1.29, 1.82) is 0 Å². The van der Waals surface area contributed by atoms with E-state index in [4.69, 9.17) is 4.74 Å². The van der Waals surface area contributed by atoms with Crippen molar-refractivity contribution in [2.45, 2.75) is 23.8 Å². The van der Waals surface area contributed by atoms with Crippen molar-refractivity contribution in [3.05, 3.63) is 76.4 Å². The Balaban J connectivity index is 1.78. The second-order valence-electron chi connectivity index (χ2n) is 7.76. The van der Waals surface area contributed by atoms with Gasteiger partial charge in [-0.3, -0.25) is 10.1 Å². The number of aryl methyl sites for hydroxylation is 1. The Bertz CT molecular complexity index is 1270. The number of hydrogen-bond donors (Lipinski definition) is 1. The summed E-state index contributed by atoms with van der Waals surface area (Å²) in [6, 6.07) is 10.7. The van der Waals surface area contributed by atoms with Gasteiger partial charge in [-0.2, -0.15) is 4.31 Å². The molecule has 3 aromatic rings. The van der Waals surface area contributed by atoms with Gasteiger partial charge in [0.05, 0.1) is 16.9 Å². The minimum atomic E-state index is -3.79. The highest BCUT2D eigenvalue weighted by Crippen LogP contribution is 2.36. The fourth-order valence-electron chi connectivity index (χ4n) is 4.02. The van der Waals surface area contributed by atoms with Crippen LogP contribution in [0.3, 0.4) is 0 Å². The van der Waals surface area contributed by atoms with Gasteiger partial charge in [-0.25, -0.2) is 13.4 Å². The molecule has 2 aromatic carbocycles. The summed E-state index contributed by atoms with van der Waals surface area (Å²) >= 11 is 0. The molecule has 11 heteroatoms. The Morgan fingerprint density at radius 2 is 1.91 bits per heavy atom. The average molecular weight is 472 g/mol. The maximum absolute atomic E-state index is 12.9. The molecule has 0 spiro atoms. The fourth-order valence-corrected chi connectivity index (χ4v) is 5.56. The summed E-state index contributed by atoms with van der Waals surface area (Å²) in [6.07, 6.45) is 4.98. The molecule has 1 aliphatic rings. The van der Waals surface area contributed by atoms with Crippen LogP contribution in [-0.4, -0.2) is 47.4 Å². The number of nitro benzene ring substituents is 1. The lowest BCUT2D eigenvalue weighted by Gasteiger charge is -2.22. The molecular weight excluding hydrogens is 446 g/mol. The van der Waals surface area contributed by atoms with E-state index in [0.717, 1.165) is 24.5 Å². The molecule has 10 nitrogen and oxygen atoms in total. The van der Waals surface area contributed by atoms with Crippen LogP contribution in [0.5, 0.6) is 5.75 Å². The minimum Gasteiger partial charge on any atom is -0.496 e. The first-order valence-electron chi connectivity index (χ1n) is 10.5. The maximum Gasteiger partial charge on any atom is 0.293 e. The number of nitrogens with one attached hydrogen (secondary N) is 1. The Morgan fingerprint density at radius 3 is 2.55 bits per heavy atom. The zero-order chi connectivity index (χ0) is 23.6. The van der Waals surface area contributed by atoms with E-state index in [1.54, 1.807) is 25.6 Å². The molecule has 174 valence electrons. The van der Waals surface area contributed by atoms with Gasteiger partial charge in [-0.1, -0.05) is 18.2 Å². The molecule has 0 amide bonds. The number of anilines is 1. The number of nitro groups is 1. The highest BCUT2D eigenvalue weighted by atomic mass is 32.2. The van der Waals surface area contributed by atoms with E-state index in [2.05, 4.69) is 10.3 Å². The van der Waals surface area contributed by atoms with Gasteiger partial charge in [0.25, 0.3) is 5.69 Å². The first kappa shape index (κ1) is 22.7. The molecule has 1 N–H and O–H groups in total. The first-order valence-corrected chi connectivity index (χ1v) is 11.9. The van der Waals surface area contributed by atoms with Gasteiger partial charge in [-0.05, 0) is 31.0 Å². The number of nitrogens with zero attached hydrogens (tertiary/aromatic N) is 4. The van der Waals surface area contributed by atoms with Crippen LogP contribution >= 0.6 is 0 Å². The molecule has 0 unspecified atom stereocenters. The van der Waals surface area contributed by atoms with Crippen LogP contribution in [0.2, 0.25) is 0 Å². The molecule has 2 heterocycles. The van der Waals surface area contributed by atoms with Crippen molar-refractivity contribution < 1.29 is 18.1 Å². The van der Waals surface area contributed by atoms with Crippen molar-refractivity contribution in [3.8, 4) is 5.75 Å². The zero-order valence-corrected chi connectivity index (χ0v) is 19.2. The predicted octanol–water partition coefficient (Wildman–Crippen LogP) is 3.32. The average Bonchev–Trinajstić information content (AvgIpc) is 3.50. The van der Waals surface area contributed by atoms with Crippen molar-refractivity contribution >= 4 is 21.4 Å². The summed E-state index contributed by atoms with van der Waals surface area (Å²) in [6.45, 7) is 0.844. The zero-order valence-electron chi connectivity index (χ0n) is 18.3. The third-order valence-electron chi connectivity index (χ3n) is 5.74. The van der Waals surface area contributed by atoms with Crippen LogP contribution < -0.4 is 10.1 Å². The summed E-state index contributed by atoms with van der Waals surface area (Å²) < 4.78 is 34.5. The smallest absolute Gasteiger partial charge is 0.293 e. The quantitative estimate of drug-likeness (QED) is 0.395. The number of rotatable bonds is 8. The van der Waals surface area contributed by atoms with Gasteiger partial charge in [0.1, 0.15) is 23.3 Å². The molecule has 1 aliphatic heterocycles. The summed E-state index contributed by atoms with van der Waals surface area (Å²) in [5, 5.41) is 15.1. The first-order chi connectivity index (χ1) is 15.8. The van der Waals surface area contributed by atoms with Crippen LogP contribution in [0.15, 0.2) is 59.8 Å². The number of benzene rings is 2. The normalized spacial score (nSPS) is 15.3. The van der Waals surface area contributed by atoms with E-state index in [1.165, 1.54) is 16.4 Å². The topological polar surface area (TPSA) is 120 Å². The summed E-state index contributed by atoms with van der Waals surface area (Å²) in [7, 11) is -0.412. The van der Waals surface area contributed by atoms with Gasteiger partial charge in [-0.15, -0.1) is 0 Å². The van der Waals surface area contributed by atoms with E-state index < -0.39 is 21.0 Å². The molecule has 0 saturated carbocycles. The van der Waals surface area contributed by atoms with E-state index in [-0.39, 0.29) is 16.3 Å². The minimum absolute atomic E-state index is 0.0903. The standard InChI is InChI=1S/C22H25N5O5S/c1-25-14-11-23-22(25)21(17-7-3-4-8-20(17)32-2)24-18-10-9-16(15-19(18)27(28)29)33(30,31)26-12-5-6-13-26/h3-4,7-11,14-15,21,24H,5-6,12-13H2,1-2H3/t21-/m0/s1. The second-order valence-corrected chi connectivity index (χ2v) is 9.70. The van der Waals surface area contributed by atoms with Crippen LogP contribution in [0.25, 0.3) is 0 Å². The molecule has 0 aliphatic carbocycles. The van der Waals surface area contributed by atoms with Gasteiger partial charge in [0, 0.05) is 44.2 Å². The molecule has 1 aromatic heterocycles. The van der Waals surface area contributed by atoms with Crippen LogP contribution in [0, 0.1) is 10.1 Å². The van der Waals surface area contributed by atoms with Crippen molar-refractivity contribution in [2.24, 2.45) is 7.05 Å². The largest absolute Gasteiger partial charge is 0.496 e. The number of sulfonamides is 1. The SMILES string of the molecule is COc1ccccc1[C@H](Nc1ccc(S(=O)(=O)N2CCCC2)cc1[N+](=O)[O-])c1nccn1C. The number of para-hydroxylation sites is 1. The number of hydrogen-bond acceptors (Lipinski definition) is 7. The van der Waals surface area contributed by atoms with Gasteiger partial charge in [0.15, 0.2) is 0 Å². The number of imidazole rings is 1. The maximum atomic E-state index is 12.9. The van der Waals surface area contributed by atoms with Gasteiger partial charge < -0.3 is 14.6 Å². The number of methoxy groups -OCH3 is 1. The third-order valence-corrected chi connectivity index (χ3v) is 7.63. The second kappa shape index (κ2) is 9.20. The lowest BCUT2D eigenvalue weighted by Crippen LogP contribution is -2.28. The van der Waals surface area contributed by atoms with E-state index in [9.17, 15) is 18.5 Å². The monoisotopic (exact) mass is 471 g/mol. The molecule has 1 atom stereocenters. The molecule has 0 radical (unpaired) electrons. The molecule has 1 fully saturated rings. The van der Waals surface area contributed by atoms with E-state index in [1.807, 2.05) is 29.8 Å². The van der Waals surface area contributed by atoms with Crippen LogP contribution in [0.4, 0.5) is 11.4 Å². The molecular formula is C22H25N5O5S. The van der Waals surface area contributed by atoms with Gasteiger partial charge in [0.2, 0.25) is 10.0 Å². The van der Waals surface area contributed by atoms with Gasteiger partial charge >= 0.3 is 0 Å². The Hall–Kier alpha value is -3.44. The highest BCUT2D eigenvalue weighted by molar-refractivity contribution is 7.89. The van der Waals surface area contributed by atoms with E-state index in [0.29, 0.717) is 24.7 Å². The van der Waals surface area contributed by atoms with E-state index >= 15 is 0 Å². The van der Waals surface area contributed by atoms with Crippen molar-refractivity contribution in [2.75, 3.05) is 25.5 Å².